The van der Waals surface area contributed by atoms with Crippen LogP contribution in [0.15, 0.2) is 0 Å². The summed E-state index contributed by atoms with van der Waals surface area (Å²) >= 11 is 0. The van der Waals surface area contributed by atoms with Crippen molar-refractivity contribution in [3.8, 4) is 0 Å². The summed E-state index contributed by atoms with van der Waals surface area (Å²) in [4.78, 5) is 0. The maximum absolute atomic E-state index is 2.69. The van der Waals surface area contributed by atoms with E-state index in [1.807, 2.05) is 0 Å². The highest BCUT2D eigenvalue weighted by molar-refractivity contribution is 4.81. The first-order chi connectivity index (χ1) is 9.24. The summed E-state index contributed by atoms with van der Waals surface area (Å²) in [5.74, 6) is 1.73. The van der Waals surface area contributed by atoms with E-state index in [1.165, 1.54) is 77.0 Å². The van der Waals surface area contributed by atoms with Gasteiger partial charge in [-0.25, -0.2) is 0 Å². The highest BCUT2D eigenvalue weighted by atomic mass is 14.2. The highest BCUT2D eigenvalue weighted by Gasteiger charge is 2.13. The standard InChI is InChI=1S/C19H39/c1-5-8-11-13-14-18(4)17-19(15-10-7-3)16-12-9-6-2/h17-19H,5-16H2,1-4H3. The lowest BCUT2D eigenvalue weighted by Gasteiger charge is -2.20. The van der Waals surface area contributed by atoms with Gasteiger partial charge in [-0.1, -0.05) is 105 Å². The fourth-order valence-electron chi connectivity index (χ4n) is 2.91. The summed E-state index contributed by atoms with van der Waals surface area (Å²) in [6.07, 6.45) is 19.6. The maximum Gasteiger partial charge on any atom is -0.0326 e. The van der Waals surface area contributed by atoms with Gasteiger partial charge in [0.2, 0.25) is 0 Å². The summed E-state index contributed by atoms with van der Waals surface area (Å²) in [7, 11) is 0. The van der Waals surface area contributed by atoms with Gasteiger partial charge in [0.1, 0.15) is 0 Å². The van der Waals surface area contributed by atoms with Gasteiger partial charge in [-0.05, 0) is 18.3 Å². The third kappa shape index (κ3) is 12.8. The van der Waals surface area contributed by atoms with E-state index in [-0.39, 0.29) is 0 Å². The molecule has 0 fully saturated rings. The van der Waals surface area contributed by atoms with E-state index < -0.39 is 0 Å². The molecule has 0 aromatic heterocycles. The SMILES string of the molecule is CCCCCCC(C)[CH]C(CCCC)CCCCC. The Morgan fingerprint density at radius 2 is 1.16 bits per heavy atom. The first kappa shape index (κ1) is 19.0. The Balaban J connectivity index is 3.79. The maximum atomic E-state index is 2.69. The molecule has 2 atom stereocenters. The molecule has 0 amide bonds. The van der Waals surface area contributed by atoms with Crippen LogP contribution in [0.3, 0.4) is 0 Å². The van der Waals surface area contributed by atoms with E-state index in [0.29, 0.717) is 0 Å². The quantitative estimate of drug-likeness (QED) is 0.292. The Morgan fingerprint density at radius 1 is 0.632 bits per heavy atom. The van der Waals surface area contributed by atoms with Crippen LogP contribution in [-0.2, 0) is 0 Å². The zero-order valence-corrected chi connectivity index (χ0v) is 14.2. The fraction of sp³-hybridized carbons (Fsp3) is 0.947. The van der Waals surface area contributed by atoms with Crippen molar-refractivity contribution in [3.63, 3.8) is 0 Å². The Kier molecular flexibility index (Phi) is 14.4. The minimum Gasteiger partial charge on any atom is -0.0654 e. The molecule has 0 aliphatic heterocycles. The molecule has 0 nitrogen and oxygen atoms in total. The summed E-state index contributed by atoms with van der Waals surface area (Å²) in [5, 5.41) is 0. The topological polar surface area (TPSA) is 0 Å². The first-order valence-electron chi connectivity index (χ1n) is 9.09. The third-order valence-corrected chi connectivity index (χ3v) is 4.22. The van der Waals surface area contributed by atoms with E-state index in [0.717, 1.165) is 11.8 Å². The monoisotopic (exact) mass is 267 g/mol. The van der Waals surface area contributed by atoms with Crippen LogP contribution in [0.1, 0.15) is 105 Å². The van der Waals surface area contributed by atoms with Gasteiger partial charge < -0.3 is 0 Å². The van der Waals surface area contributed by atoms with E-state index in [9.17, 15) is 0 Å². The number of hydrogen-bond acceptors (Lipinski definition) is 0. The Bertz CT molecular complexity index is 161. The van der Waals surface area contributed by atoms with Crippen molar-refractivity contribution >= 4 is 0 Å². The van der Waals surface area contributed by atoms with Crippen LogP contribution in [0, 0.1) is 18.3 Å². The molecule has 0 saturated carbocycles. The number of rotatable bonds is 14. The second kappa shape index (κ2) is 14.4. The number of hydrogen-bond donors (Lipinski definition) is 0. The van der Waals surface area contributed by atoms with Crippen molar-refractivity contribution in [1.82, 2.24) is 0 Å². The molecule has 1 radical (unpaired) electrons. The molecule has 0 aliphatic rings. The number of unbranched alkanes of at least 4 members (excludes halogenated alkanes) is 6. The molecule has 0 N–H and O–H groups in total. The van der Waals surface area contributed by atoms with Crippen LogP contribution >= 0.6 is 0 Å². The average molecular weight is 268 g/mol. The minimum absolute atomic E-state index is 0.834. The Morgan fingerprint density at radius 3 is 1.79 bits per heavy atom. The molecule has 0 aromatic carbocycles. The van der Waals surface area contributed by atoms with Crippen LogP contribution in [0.4, 0.5) is 0 Å². The van der Waals surface area contributed by atoms with Crippen LogP contribution < -0.4 is 0 Å². The summed E-state index contributed by atoms with van der Waals surface area (Å²) in [6, 6.07) is 0. The second-order valence-electron chi connectivity index (χ2n) is 6.42. The van der Waals surface area contributed by atoms with Gasteiger partial charge >= 0.3 is 0 Å². The van der Waals surface area contributed by atoms with Gasteiger partial charge in [0.25, 0.3) is 0 Å². The molecule has 0 aliphatic carbocycles. The molecule has 2 unspecified atom stereocenters. The first-order valence-corrected chi connectivity index (χ1v) is 9.09. The van der Waals surface area contributed by atoms with E-state index in [1.54, 1.807) is 0 Å². The summed E-state index contributed by atoms with van der Waals surface area (Å²) < 4.78 is 0. The minimum atomic E-state index is 0.834. The van der Waals surface area contributed by atoms with E-state index >= 15 is 0 Å². The molecule has 0 spiro atoms. The second-order valence-corrected chi connectivity index (χ2v) is 6.42. The van der Waals surface area contributed by atoms with Gasteiger partial charge in [0, 0.05) is 0 Å². The van der Waals surface area contributed by atoms with Gasteiger partial charge in [-0.15, -0.1) is 0 Å². The molecular weight excluding hydrogens is 228 g/mol. The molecular formula is C19H39. The summed E-state index contributed by atoms with van der Waals surface area (Å²) in [6.45, 7) is 9.35. The lowest BCUT2D eigenvalue weighted by molar-refractivity contribution is 0.405. The molecule has 0 rings (SSSR count). The Hall–Kier alpha value is 0. The van der Waals surface area contributed by atoms with E-state index in [4.69, 9.17) is 0 Å². The molecule has 0 bridgehead atoms. The predicted molar refractivity (Wildman–Crippen MR) is 89.4 cm³/mol. The zero-order valence-electron chi connectivity index (χ0n) is 14.2. The molecule has 115 valence electrons. The van der Waals surface area contributed by atoms with Crippen molar-refractivity contribution in [2.24, 2.45) is 11.8 Å². The smallest absolute Gasteiger partial charge is 0.0326 e. The molecule has 0 saturated heterocycles. The van der Waals surface area contributed by atoms with Crippen LogP contribution in [0.2, 0.25) is 0 Å². The molecule has 19 heavy (non-hydrogen) atoms. The van der Waals surface area contributed by atoms with Crippen LogP contribution in [0.25, 0.3) is 0 Å². The molecule has 0 aromatic rings. The van der Waals surface area contributed by atoms with Gasteiger partial charge in [0.15, 0.2) is 0 Å². The third-order valence-electron chi connectivity index (χ3n) is 4.22. The lowest BCUT2D eigenvalue weighted by atomic mass is 9.85. The van der Waals surface area contributed by atoms with Gasteiger partial charge in [-0.3, -0.25) is 0 Å². The zero-order chi connectivity index (χ0) is 14.3. The van der Waals surface area contributed by atoms with Crippen molar-refractivity contribution in [2.45, 2.75) is 105 Å². The van der Waals surface area contributed by atoms with Crippen molar-refractivity contribution < 1.29 is 0 Å². The van der Waals surface area contributed by atoms with Crippen molar-refractivity contribution in [3.05, 3.63) is 6.42 Å². The van der Waals surface area contributed by atoms with Gasteiger partial charge in [-0.2, -0.15) is 0 Å². The average Bonchev–Trinajstić information content (AvgIpc) is 2.41. The van der Waals surface area contributed by atoms with Crippen LogP contribution in [0.5, 0.6) is 0 Å². The Labute approximate surface area is 123 Å². The largest absolute Gasteiger partial charge is 0.0654 e. The fourth-order valence-corrected chi connectivity index (χ4v) is 2.91. The van der Waals surface area contributed by atoms with Gasteiger partial charge in [0.05, 0.1) is 0 Å². The van der Waals surface area contributed by atoms with E-state index in [2.05, 4.69) is 34.1 Å². The molecule has 0 heteroatoms. The molecule has 0 heterocycles. The normalized spacial score (nSPS) is 14.5. The van der Waals surface area contributed by atoms with Crippen molar-refractivity contribution in [1.29, 1.82) is 0 Å². The van der Waals surface area contributed by atoms with Crippen molar-refractivity contribution in [2.75, 3.05) is 0 Å². The van der Waals surface area contributed by atoms with Crippen LogP contribution in [-0.4, -0.2) is 0 Å². The predicted octanol–water partition coefficient (Wildman–Crippen LogP) is 7.18. The summed E-state index contributed by atoms with van der Waals surface area (Å²) in [5.41, 5.74) is 0. The highest BCUT2D eigenvalue weighted by Crippen LogP contribution is 2.25. The lowest BCUT2D eigenvalue weighted by Crippen LogP contribution is -2.08.